The highest BCUT2D eigenvalue weighted by molar-refractivity contribution is 4.74. The van der Waals surface area contributed by atoms with Crippen LogP contribution in [-0.2, 0) is 9.47 Å². The van der Waals surface area contributed by atoms with E-state index in [2.05, 4.69) is 12.2 Å². The molecule has 0 aromatic heterocycles. The molecule has 1 saturated heterocycles. The molecule has 2 atom stereocenters. The van der Waals surface area contributed by atoms with Gasteiger partial charge < -0.3 is 14.8 Å². The van der Waals surface area contributed by atoms with Crippen LogP contribution in [0.15, 0.2) is 0 Å². The van der Waals surface area contributed by atoms with Crippen molar-refractivity contribution < 1.29 is 9.47 Å². The second-order valence-electron chi connectivity index (χ2n) is 3.68. The second kappa shape index (κ2) is 6.35. The monoisotopic (exact) mass is 187 g/mol. The normalized spacial score (nSPS) is 28.2. The van der Waals surface area contributed by atoms with Gasteiger partial charge in [0.2, 0.25) is 0 Å². The molecule has 78 valence electrons. The van der Waals surface area contributed by atoms with Gasteiger partial charge in [-0.2, -0.15) is 0 Å². The van der Waals surface area contributed by atoms with Crippen LogP contribution in [0.4, 0.5) is 0 Å². The van der Waals surface area contributed by atoms with Gasteiger partial charge in [0.05, 0.1) is 6.10 Å². The van der Waals surface area contributed by atoms with Gasteiger partial charge >= 0.3 is 0 Å². The summed E-state index contributed by atoms with van der Waals surface area (Å²) in [6.45, 7) is 6.09. The van der Waals surface area contributed by atoms with Gasteiger partial charge in [-0.05, 0) is 32.2 Å². The van der Waals surface area contributed by atoms with Crippen LogP contribution < -0.4 is 5.32 Å². The fourth-order valence-corrected chi connectivity index (χ4v) is 1.67. The predicted molar refractivity (Wildman–Crippen MR) is 52.9 cm³/mol. The summed E-state index contributed by atoms with van der Waals surface area (Å²) in [4.78, 5) is 0. The fraction of sp³-hybridized carbons (Fsp3) is 1.00. The molecule has 0 spiro atoms. The standard InChI is InChI=1S/C10H21NO2/c1-9-10(4-7-13-9)8-11-5-3-6-12-2/h9-11H,3-8H2,1-2H3. The summed E-state index contributed by atoms with van der Waals surface area (Å²) in [6.07, 6.45) is 2.74. The van der Waals surface area contributed by atoms with Gasteiger partial charge in [-0.1, -0.05) is 0 Å². The first-order valence-electron chi connectivity index (χ1n) is 5.16. The lowest BCUT2D eigenvalue weighted by atomic mass is 10.0. The lowest BCUT2D eigenvalue weighted by Gasteiger charge is -2.14. The van der Waals surface area contributed by atoms with E-state index in [1.54, 1.807) is 7.11 Å². The van der Waals surface area contributed by atoms with Gasteiger partial charge in [-0.25, -0.2) is 0 Å². The molecule has 2 unspecified atom stereocenters. The Morgan fingerprint density at radius 1 is 1.54 bits per heavy atom. The second-order valence-corrected chi connectivity index (χ2v) is 3.68. The molecule has 0 radical (unpaired) electrons. The number of hydrogen-bond acceptors (Lipinski definition) is 3. The van der Waals surface area contributed by atoms with Gasteiger partial charge in [0.15, 0.2) is 0 Å². The molecule has 0 aliphatic carbocycles. The van der Waals surface area contributed by atoms with E-state index in [1.165, 1.54) is 6.42 Å². The predicted octanol–water partition coefficient (Wildman–Crippen LogP) is 1.04. The van der Waals surface area contributed by atoms with Gasteiger partial charge in [0.1, 0.15) is 0 Å². The lowest BCUT2D eigenvalue weighted by molar-refractivity contribution is 0.105. The van der Waals surface area contributed by atoms with E-state index in [1.807, 2.05) is 0 Å². The van der Waals surface area contributed by atoms with E-state index in [-0.39, 0.29) is 0 Å². The minimum atomic E-state index is 0.440. The molecule has 1 aliphatic rings. The van der Waals surface area contributed by atoms with Crippen molar-refractivity contribution in [3.8, 4) is 0 Å². The third-order valence-electron chi connectivity index (χ3n) is 2.64. The van der Waals surface area contributed by atoms with Crippen LogP contribution in [0.1, 0.15) is 19.8 Å². The zero-order valence-corrected chi connectivity index (χ0v) is 8.71. The topological polar surface area (TPSA) is 30.5 Å². The Kier molecular flexibility index (Phi) is 5.35. The quantitative estimate of drug-likeness (QED) is 0.630. The number of nitrogens with one attached hydrogen (secondary N) is 1. The van der Waals surface area contributed by atoms with E-state index >= 15 is 0 Å². The Balaban J connectivity index is 1.93. The highest BCUT2D eigenvalue weighted by Gasteiger charge is 2.23. The van der Waals surface area contributed by atoms with E-state index in [0.29, 0.717) is 12.0 Å². The van der Waals surface area contributed by atoms with Crippen molar-refractivity contribution >= 4 is 0 Å². The summed E-state index contributed by atoms with van der Waals surface area (Å²) in [6, 6.07) is 0. The molecule has 0 bridgehead atoms. The van der Waals surface area contributed by atoms with Crippen LogP contribution in [0.3, 0.4) is 0 Å². The number of rotatable bonds is 6. The lowest BCUT2D eigenvalue weighted by Crippen LogP contribution is -2.28. The van der Waals surface area contributed by atoms with Crippen molar-refractivity contribution in [2.45, 2.75) is 25.9 Å². The van der Waals surface area contributed by atoms with Crippen molar-refractivity contribution in [3.05, 3.63) is 0 Å². The summed E-state index contributed by atoms with van der Waals surface area (Å²) in [7, 11) is 1.74. The molecule has 1 heterocycles. The van der Waals surface area contributed by atoms with Crippen molar-refractivity contribution in [1.82, 2.24) is 5.32 Å². The smallest absolute Gasteiger partial charge is 0.0588 e. The number of hydrogen-bond donors (Lipinski definition) is 1. The Morgan fingerprint density at radius 2 is 2.38 bits per heavy atom. The zero-order valence-electron chi connectivity index (χ0n) is 8.71. The molecule has 3 nitrogen and oxygen atoms in total. The third-order valence-corrected chi connectivity index (χ3v) is 2.64. The molecule has 1 fully saturated rings. The molecular formula is C10H21NO2. The zero-order chi connectivity index (χ0) is 9.52. The highest BCUT2D eigenvalue weighted by atomic mass is 16.5. The maximum Gasteiger partial charge on any atom is 0.0588 e. The van der Waals surface area contributed by atoms with Crippen LogP contribution in [0.5, 0.6) is 0 Å². The number of ether oxygens (including phenoxy) is 2. The van der Waals surface area contributed by atoms with Crippen molar-refractivity contribution in [1.29, 1.82) is 0 Å². The van der Waals surface area contributed by atoms with Gasteiger partial charge in [-0.15, -0.1) is 0 Å². The molecule has 0 saturated carbocycles. The highest BCUT2D eigenvalue weighted by Crippen LogP contribution is 2.18. The first kappa shape index (κ1) is 11.0. The summed E-state index contributed by atoms with van der Waals surface area (Å²) in [5.74, 6) is 0.711. The van der Waals surface area contributed by atoms with E-state index in [4.69, 9.17) is 9.47 Å². The van der Waals surface area contributed by atoms with Gasteiger partial charge in [-0.3, -0.25) is 0 Å². The van der Waals surface area contributed by atoms with Crippen molar-refractivity contribution in [2.24, 2.45) is 5.92 Å². The largest absolute Gasteiger partial charge is 0.385 e. The van der Waals surface area contributed by atoms with E-state index in [9.17, 15) is 0 Å². The van der Waals surface area contributed by atoms with Crippen LogP contribution >= 0.6 is 0 Å². The molecule has 1 aliphatic heterocycles. The fourth-order valence-electron chi connectivity index (χ4n) is 1.67. The van der Waals surface area contributed by atoms with Crippen molar-refractivity contribution in [2.75, 3.05) is 33.4 Å². The first-order chi connectivity index (χ1) is 6.34. The van der Waals surface area contributed by atoms with Gasteiger partial charge in [0.25, 0.3) is 0 Å². The maximum atomic E-state index is 5.48. The Labute approximate surface area is 80.8 Å². The van der Waals surface area contributed by atoms with E-state index < -0.39 is 0 Å². The van der Waals surface area contributed by atoms with Crippen molar-refractivity contribution in [3.63, 3.8) is 0 Å². The Bertz CT molecular complexity index is 130. The van der Waals surface area contributed by atoms with E-state index in [0.717, 1.165) is 32.7 Å². The third kappa shape index (κ3) is 4.07. The summed E-state index contributed by atoms with van der Waals surface area (Å²) in [5.41, 5.74) is 0. The van der Waals surface area contributed by atoms with Crippen LogP contribution in [-0.4, -0.2) is 39.5 Å². The summed E-state index contributed by atoms with van der Waals surface area (Å²) < 4.78 is 10.4. The van der Waals surface area contributed by atoms with Gasteiger partial charge in [0, 0.05) is 26.9 Å². The average molecular weight is 187 g/mol. The first-order valence-corrected chi connectivity index (χ1v) is 5.16. The minimum Gasteiger partial charge on any atom is -0.385 e. The molecule has 0 aromatic carbocycles. The van der Waals surface area contributed by atoms with Crippen LogP contribution in [0.2, 0.25) is 0 Å². The molecular weight excluding hydrogens is 166 g/mol. The minimum absolute atomic E-state index is 0.440. The van der Waals surface area contributed by atoms with Crippen LogP contribution in [0.25, 0.3) is 0 Å². The average Bonchev–Trinajstić information content (AvgIpc) is 2.52. The summed E-state index contributed by atoms with van der Waals surface area (Å²) in [5, 5.41) is 3.43. The SMILES string of the molecule is COCCCNCC1CCOC1C. The molecule has 0 aromatic rings. The number of methoxy groups -OCH3 is 1. The summed E-state index contributed by atoms with van der Waals surface area (Å²) >= 11 is 0. The molecule has 3 heteroatoms. The molecule has 13 heavy (non-hydrogen) atoms. The molecule has 1 rings (SSSR count). The molecule has 1 N–H and O–H groups in total. The Hall–Kier alpha value is -0.120. The van der Waals surface area contributed by atoms with Crippen LogP contribution in [0, 0.1) is 5.92 Å². The molecule has 0 amide bonds. The maximum absolute atomic E-state index is 5.48. The Morgan fingerprint density at radius 3 is 3.00 bits per heavy atom.